The molecule has 7 heteroatoms. The fraction of sp³-hybridized carbons (Fsp3) is 0.643. The zero-order chi connectivity index (χ0) is 16.2. The molecule has 0 aliphatic carbocycles. The van der Waals surface area contributed by atoms with Crippen molar-refractivity contribution in [2.24, 2.45) is 0 Å². The molecule has 120 valence electrons. The predicted molar refractivity (Wildman–Crippen MR) is 81.1 cm³/mol. The lowest BCUT2D eigenvalue weighted by atomic mass is 10.2. The summed E-state index contributed by atoms with van der Waals surface area (Å²) in [5.74, 6) is -1.13. The number of unbranched alkanes of at least 4 members (excludes halogenated alkanes) is 2. The number of nitrogens with zero attached hydrogens (tertiary/aromatic N) is 2. The highest BCUT2D eigenvalue weighted by atomic mass is 32.2. The second-order valence-corrected chi connectivity index (χ2v) is 7.45. The number of aromatic nitrogens is 1. The van der Waals surface area contributed by atoms with E-state index in [0.29, 0.717) is 6.54 Å². The lowest BCUT2D eigenvalue weighted by molar-refractivity contribution is 0.0683. The van der Waals surface area contributed by atoms with E-state index in [4.69, 9.17) is 0 Å². The van der Waals surface area contributed by atoms with Crippen molar-refractivity contribution in [3.8, 4) is 0 Å². The number of carboxylic acid groups (broad SMARTS) is 1. The van der Waals surface area contributed by atoms with Gasteiger partial charge in [0.2, 0.25) is 10.0 Å². The first-order valence-electron chi connectivity index (χ1n) is 7.13. The van der Waals surface area contributed by atoms with Gasteiger partial charge in [-0.1, -0.05) is 19.8 Å². The maximum Gasteiger partial charge on any atom is 0.352 e. The minimum absolute atomic E-state index is 0.00877. The normalized spacial score (nSPS) is 12.3. The summed E-state index contributed by atoms with van der Waals surface area (Å²) in [5, 5.41) is 9.18. The van der Waals surface area contributed by atoms with Gasteiger partial charge in [0.25, 0.3) is 0 Å². The molecule has 0 unspecified atom stereocenters. The van der Waals surface area contributed by atoms with E-state index in [0.717, 1.165) is 19.3 Å². The highest BCUT2D eigenvalue weighted by molar-refractivity contribution is 7.89. The Morgan fingerprint density at radius 3 is 2.43 bits per heavy atom. The molecule has 0 amide bonds. The molecular formula is C14H24N2O4S. The van der Waals surface area contributed by atoms with E-state index in [9.17, 15) is 18.3 Å². The van der Waals surface area contributed by atoms with Crippen LogP contribution in [0.25, 0.3) is 0 Å². The molecule has 1 aromatic rings. The molecule has 0 aliphatic rings. The molecule has 6 nitrogen and oxygen atoms in total. The van der Waals surface area contributed by atoms with Crippen molar-refractivity contribution in [1.29, 1.82) is 0 Å². The topological polar surface area (TPSA) is 79.6 Å². The van der Waals surface area contributed by atoms with Crippen molar-refractivity contribution in [1.82, 2.24) is 8.87 Å². The number of hydrogen-bond donors (Lipinski definition) is 1. The monoisotopic (exact) mass is 316 g/mol. The summed E-state index contributed by atoms with van der Waals surface area (Å²) in [4.78, 5) is 11.3. The standard InChI is InChI=1S/C14H24N2O4S/c1-5-6-7-8-15(4)21(19,20)12-9-13(14(17)18)16(10-12)11(2)3/h9-11H,5-8H2,1-4H3,(H,17,18). The first-order chi connectivity index (χ1) is 9.71. The Kier molecular flexibility index (Phi) is 5.98. The van der Waals surface area contributed by atoms with Crippen LogP contribution in [0.5, 0.6) is 0 Å². The molecule has 21 heavy (non-hydrogen) atoms. The van der Waals surface area contributed by atoms with E-state index in [-0.39, 0.29) is 16.6 Å². The van der Waals surface area contributed by atoms with Crippen LogP contribution in [0.3, 0.4) is 0 Å². The Balaban J connectivity index is 3.08. The van der Waals surface area contributed by atoms with Crippen molar-refractivity contribution in [3.63, 3.8) is 0 Å². The van der Waals surface area contributed by atoms with Crippen LogP contribution in [0.4, 0.5) is 0 Å². The Morgan fingerprint density at radius 2 is 2.00 bits per heavy atom. The molecular weight excluding hydrogens is 292 g/mol. The lowest BCUT2D eigenvalue weighted by Crippen LogP contribution is -2.27. The first kappa shape index (κ1) is 17.7. The molecule has 1 aromatic heterocycles. The molecule has 0 saturated carbocycles. The van der Waals surface area contributed by atoms with Gasteiger partial charge in [0.1, 0.15) is 10.6 Å². The molecule has 0 aliphatic heterocycles. The van der Waals surface area contributed by atoms with E-state index in [2.05, 4.69) is 6.92 Å². The van der Waals surface area contributed by atoms with E-state index >= 15 is 0 Å². The average molecular weight is 316 g/mol. The van der Waals surface area contributed by atoms with E-state index in [1.54, 1.807) is 0 Å². The summed E-state index contributed by atoms with van der Waals surface area (Å²) in [7, 11) is -2.11. The Hall–Kier alpha value is -1.34. The van der Waals surface area contributed by atoms with Crippen LogP contribution in [0, 0.1) is 0 Å². The van der Waals surface area contributed by atoms with Crippen LogP contribution in [0.15, 0.2) is 17.2 Å². The van der Waals surface area contributed by atoms with Crippen LogP contribution in [0.2, 0.25) is 0 Å². The largest absolute Gasteiger partial charge is 0.477 e. The molecule has 0 atom stereocenters. The van der Waals surface area contributed by atoms with Crippen LogP contribution in [-0.2, 0) is 10.0 Å². The van der Waals surface area contributed by atoms with Gasteiger partial charge in [-0.3, -0.25) is 0 Å². The number of carbonyl (C=O) groups is 1. The predicted octanol–water partition coefficient (Wildman–Crippen LogP) is 2.58. The molecule has 0 aromatic carbocycles. The second-order valence-electron chi connectivity index (χ2n) is 5.40. The zero-order valence-electron chi connectivity index (χ0n) is 13.0. The van der Waals surface area contributed by atoms with E-state index in [1.165, 1.54) is 28.2 Å². The number of aromatic carboxylic acids is 1. The van der Waals surface area contributed by atoms with Crippen LogP contribution in [0.1, 0.15) is 56.6 Å². The molecule has 0 saturated heterocycles. The Morgan fingerprint density at radius 1 is 1.38 bits per heavy atom. The minimum Gasteiger partial charge on any atom is -0.477 e. The number of carboxylic acids is 1. The second kappa shape index (κ2) is 7.09. The quantitative estimate of drug-likeness (QED) is 0.748. The van der Waals surface area contributed by atoms with Gasteiger partial charge in [-0.25, -0.2) is 17.5 Å². The number of hydrogen-bond acceptors (Lipinski definition) is 3. The van der Waals surface area contributed by atoms with Crippen molar-refractivity contribution >= 4 is 16.0 Å². The zero-order valence-corrected chi connectivity index (χ0v) is 13.9. The summed E-state index contributed by atoms with van der Waals surface area (Å²) in [6.07, 6.45) is 4.18. The summed E-state index contributed by atoms with van der Waals surface area (Å²) >= 11 is 0. The van der Waals surface area contributed by atoms with Crippen LogP contribution >= 0.6 is 0 Å². The van der Waals surface area contributed by atoms with Crippen molar-refractivity contribution in [2.45, 2.75) is 51.0 Å². The Bertz CT molecular complexity index is 590. The molecule has 1 N–H and O–H groups in total. The van der Waals surface area contributed by atoms with Gasteiger partial charge >= 0.3 is 5.97 Å². The van der Waals surface area contributed by atoms with E-state index < -0.39 is 16.0 Å². The molecule has 0 bridgehead atoms. The third kappa shape index (κ3) is 4.07. The SMILES string of the molecule is CCCCCN(C)S(=O)(=O)c1cc(C(=O)O)n(C(C)C)c1. The summed E-state index contributed by atoms with van der Waals surface area (Å²) < 4.78 is 27.7. The fourth-order valence-electron chi connectivity index (χ4n) is 2.08. The van der Waals surface area contributed by atoms with Gasteiger partial charge < -0.3 is 9.67 Å². The van der Waals surface area contributed by atoms with Gasteiger partial charge in [-0.05, 0) is 26.3 Å². The van der Waals surface area contributed by atoms with Crippen molar-refractivity contribution < 1.29 is 18.3 Å². The lowest BCUT2D eigenvalue weighted by Gasteiger charge is -2.16. The highest BCUT2D eigenvalue weighted by Gasteiger charge is 2.25. The van der Waals surface area contributed by atoms with Gasteiger partial charge in [-0.15, -0.1) is 0 Å². The third-order valence-corrected chi connectivity index (χ3v) is 5.21. The molecule has 0 spiro atoms. The molecule has 1 heterocycles. The smallest absolute Gasteiger partial charge is 0.352 e. The molecule has 0 radical (unpaired) electrons. The van der Waals surface area contributed by atoms with Gasteiger partial charge in [0.05, 0.1) is 0 Å². The van der Waals surface area contributed by atoms with Gasteiger partial charge in [0.15, 0.2) is 0 Å². The van der Waals surface area contributed by atoms with Crippen molar-refractivity contribution in [3.05, 3.63) is 18.0 Å². The maximum absolute atomic E-state index is 12.5. The number of rotatable bonds is 8. The third-order valence-electron chi connectivity index (χ3n) is 3.38. The van der Waals surface area contributed by atoms with E-state index in [1.807, 2.05) is 13.8 Å². The number of sulfonamides is 1. The summed E-state index contributed by atoms with van der Waals surface area (Å²) in [6.45, 7) is 6.11. The molecule has 1 rings (SSSR count). The van der Waals surface area contributed by atoms with Gasteiger partial charge in [-0.2, -0.15) is 0 Å². The summed E-state index contributed by atoms with van der Waals surface area (Å²) in [5.41, 5.74) is -0.00877. The molecule has 0 fully saturated rings. The maximum atomic E-state index is 12.5. The van der Waals surface area contributed by atoms with Crippen molar-refractivity contribution in [2.75, 3.05) is 13.6 Å². The minimum atomic E-state index is -3.64. The Labute approximate surface area is 126 Å². The summed E-state index contributed by atoms with van der Waals surface area (Å²) in [6, 6.07) is 1.11. The average Bonchev–Trinajstić information content (AvgIpc) is 2.84. The van der Waals surface area contributed by atoms with Crippen LogP contribution in [-0.4, -0.2) is 42.0 Å². The van der Waals surface area contributed by atoms with Crippen LogP contribution < -0.4 is 0 Å². The fourth-order valence-corrected chi connectivity index (χ4v) is 3.31. The first-order valence-corrected chi connectivity index (χ1v) is 8.57. The highest BCUT2D eigenvalue weighted by Crippen LogP contribution is 2.21. The van der Waals surface area contributed by atoms with Gasteiger partial charge in [0, 0.05) is 25.8 Å².